The standard InChI is InChI=1S/C23H20ClFN2O5S/c1-2-32-23(29)16-8-13-21(20(24)14-16)26-22(28)15-27(18-11-9-17(25)10-12-18)33(30,31)19-6-4-3-5-7-19/h3-14H,2,15H2,1H3,(H,26,28). The van der Waals surface area contributed by atoms with E-state index in [1.807, 2.05) is 0 Å². The number of esters is 1. The van der Waals surface area contributed by atoms with Crippen LogP contribution in [0.25, 0.3) is 0 Å². The van der Waals surface area contributed by atoms with E-state index in [0.29, 0.717) is 0 Å². The first-order valence-electron chi connectivity index (χ1n) is 9.82. The van der Waals surface area contributed by atoms with Crippen molar-refractivity contribution in [2.75, 3.05) is 22.8 Å². The summed E-state index contributed by atoms with van der Waals surface area (Å²) in [5, 5.41) is 2.62. The maximum atomic E-state index is 13.4. The predicted octanol–water partition coefficient (Wildman–Crippen LogP) is 4.49. The molecule has 3 aromatic rings. The number of ether oxygens (including phenoxy) is 1. The van der Waals surface area contributed by atoms with Gasteiger partial charge < -0.3 is 10.1 Å². The Hall–Kier alpha value is -3.43. The summed E-state index contributed by atoms with van der Waals surface area (Å²) in [7, 11) is -4.13. The summed E-state index contributed by atoms with van der Waals surface area (Å²) in [4.78, 5) is 24.6. The monoisotopic (exact) mass is 490 g/mol. The zero-order valence-electron chi connectivity index (χ0n) is 17.5. The molecule has 1 amide bonds. The van der Waals surface area contributed by atoms with Crippen LogP contribution in [-0.4, -0.2) is 33.4 Å². The molecule has 0 aliphatic carbocycles. The van der Waals surface area contributed by atoms with Gasteiger partial charge in [0.05, 0.1) is 33.5 Å². The summed E-state index contributed by atoms with van der Waals surface area (Å²) in [5.41, 5.74) is 0.504. The van der Waals surface area contributed by atoms with Crippen LogP contribution in [0.5, 0.6) is 0 Å². The first-order valence-corrected chi connectivity index (χ1v) is 11.6. The van der Waals surface area contributed by atoms with Crippen molar-refractivity contribution in [1.82, 2.24) is 0 Å². The van der Waals surface area contributed by atoms with Crippen LogP contribution in [0, 0.1) is 5.82 Å². The third kappa shape index (κ3) is 5.88. The van der Waals surface area contributed by atoms with E-state index in [2.05, 4.69) is 5.32 Å². The highest BCUT2D eigenvalue weighted by Crippen LogP contribution is 2.26. The quantitative estimate of drug-likeness (QED) is 0.470. The average molecular weight is 491 g/mol. The Morgan fingerprint density at radius 2 is 1.70 bits per heavy atom. The molecule has 0 aliphatic rings. The molecule has 3 rings (SSSR count). The lowest BCUT2D eigenvalue weighted by Crippen LogP contribution is -2.38. The molecule has 0 saturated carbocycles. The largest absolute Gasteiger partial charge is 0.462 e. The summed E-state index contributed by atoms with van der Waals surface area (Å²) < 4.78 is 45.6. The highest BCUT2D eigenvalue weighted by Gasteiger charge is 2.27. The molecule has 0 aliphatic heterocycles. The number of benzene rings is 3. The maximum Gasteiger partial charge on any atom is 0.338 e. The summed E-state index contributed by atoms with van der Waals surface area (Å²) >= 11 is 6.18. The normalized spacial score (nSPS) is 11.0. The van der Waals surface area contributed by atoms with E-state index in [1.165, 1.54) is 42.5 Å². The highest BCUT2D eigenvalue weighted by atomic mass is 35.5. The van der Waals surface area contributed by atoms with Crippen molar-refractivity contribution in [1.29, 1.82) is 0 Å². The zero-order valence-corrected chi connectivity index (χ0v) is 19.1. The second kappa shape index (κ2) is 10.5. The fourth-order valence-electron chi connectivity index (χ4n) is 2.92. The van der Waals surface area contributed by atoms with E-state index >= 15 is 0 Å². The minimum Gasteiger partial charge on any atom is -0.462 e. The van der Waals surface area contributed by atoms with Crippen molar-refractivity contribution in [2.45, 2.75) is 11.8 Å². The predicted molar refractivity (Wildman–Crippen MR) is 123 cm³/mol. The number of sulfonamides is 1. The molecule has 172 valence electrons. The number of carbonyl (C=O) groups is 2. The highest BCUT2D eigenvalue weighted by molar-refractivity contribution is 7.92. The molecule has 0 bridgehead atoms. The number of hydrogen-bond acceptors (Lipinski definition) is 5. The van der Waals surface area contributed by atoms with Crippen LogP contribution in [0.1, 0.15) is 17.3 Å². The molecule has 3 aromatic carbocycles. The lowest BCUT2D eigenvalue weighted by molar-refractivity contribution is -0.114. The van der Waals surface area contributed by atoms with Gasteiger partial charge in [-0.05, 0) is 61.5 Å². The van der Waals surface area contributed by atoms with Gasteiger partial charge in [0.1, 0.15) is 12.4 Å². The topological polar surface area (TPSA) is 92.8 Å². The van der Waals surface area contributed by atoms with Gasteiger partial charge in [-0.3, -0.25) is 9.10 Å². The van der Waals surface area contributed by atoms with Gasteiger partial charge in [0.25, 0.3) is 10.0 Å². The SMILES string of the molecule is CCOC(=O)c1ccc(NC(=O)CN(c2ccc(F)cc2)S(=O)(=O)c2ccccc2)c(Cl)c1. The summed E-state index contributed by atoms with van der Waals surface area (Å²) in [6.07, 6.45) is 0. The minimum atomic E-state index is -4.13. The van der Waals surface area contributed by atoms with E-state index in [0.717, 1.165) is 16.4 Å². The number of carbonyl (C=O) groups excluding carboxylic acids is 2. The average Bonchev–Trinajstić information content (AvgIpc) is 2.80. The molecule has 0 aromatic heterocycles. The number of nitrogens with one attached hydrogen (secondary N) is 1. The molecule has 10 heteroatoms. The van der Waals surface area contributed by atoms with Gasteiger partial charge in [-0.2, -0.15) is 0 Å². The Morgan fingerprint density at radius 1 is 1.03 bits per heavy atom. The second-order valence-electron chi connectivity index (χ2n) is 6.76. The second-order valence-corrected chi connectivity index (χ2v) is 9.03. The summed E-state index contributed by atoms with van der Waals surface area (Å²) in [6, 6.07) is 16.5. The van der Waals surface area contributed by atoms with E-state index in [9.17, 15) is 22.4 Å². The molecule has 0 atom stereocenters. The number of halogens is 2. The Balaban J connectivity index is 1.87. The maximum absolute atomic E-state index is 13.4. The summed E-state index contributed by atoms with van der Waals surface area (Å²) in [5.74, 6) is -1.80. The molecule has 0 radical (unpaired) electrons. The Labute approximate surface area is 195 Å². The van der Waals surface area contributed by atoms with Gasteiger partial charge in [0, 0.05) is 0 Å². The van der Waals surface area contributed by atoms with Crippen LogP contribution < -0.4 is 9.62 Å². The molecule has 0 saturated heterocycles. The summed E-state index contributed by atoms with van der Waals surface area (Å²) in [6.45, 7) is 1.27. The fraction of sp³-hybridized carbons (Fsp3) is 0.130. The van der Waals surface area contributed by atoms with Crippen LogP contribution in [0.15, 0.2) is 77.7 Å². The van der Waals surface area contributed by atoms with Gasteiger partial charge >= 0.3 is 5.97 Å². The zero-order chi connectivity index (χ0) is 24.0. The fourth-order valence-corrected chi connectivity index (χ4v) is 4.59. The van der Waals surface area contributed by atoms with Crippen molar-refractivity contribution in [3.63, 3.8) is 0 Å². The lowest BCUT2D eigenvalue weighted by atomic mass is 10.2. The molecule has 0 fully saturated rings. The lowest BCUT2D eigenvalue weighted by Gasteiger charge is -2.24. The number of anilines is 2. The van der Waals surface area contributed by atoms with Crippen LogP contribution in [0.4, 0.5) is 15.8 Å². The number of hydrogen-bond donors (Lipinski definition) is 1. The first-order chi connectivity index (χ1) is 15.7. The van der Waals surface area contributed by atoms with Crippen LogP contribution in [0.3, 0.4) is 0 Å². The number of nitrogens with zero attached hydrogens (tertiary/aromatic N) is 1. The number of rotatable bonds is 8. The molecule has 0 spiro atoms. The molecular formula is C23H20ClFN2O5S. The van der Waals surface area contributed by atoms with E-state index in [4.69, 9.17) is 16.3 Å². The molecule has 0 heterocycles. The third-order valence-corrected chi connectivity index (χ3v) is 6.59. The van der Waals surface area contributed by atoms with E-state index < -0.39 is 34.3 Å². The molecule has 1 N–H and O–H groups in total. The smallest absolute Gasteiger partial charge is 0.338 e. The Morgan fingerprint density at radius 3 is 2.30 bits per heavy atom. The first kappa shape index (κ1) is 24.2. The molecule has 0 unspecified atom stereocenters. The van der Waals surface area contributed by atoms with Gasteiger partial charge in [-0.25, -0.2) is 17.6 Å². The third-order valence-electron chi connectivity index (χ3n) is 4.49. The van der Waals surface area contributed by atoms with Crippen molar-refractivity contribution >= 4 is 44.9 Å². The van der Waals surface area contributed by atoms with Gasteiger partial charge in [-0.1, -0.05) is 29.8 Å². The molecule has 7 nitrogen and oxygen atoms in total. The van der Waals surface area contributed by atoms with Crippen molar-refractivity contribution in [3.05, 3.63) is 89.2 Å². The van der Waals surface area contributed by atoms with Gasteiger partial charge in [0.2, 0.25) is 5.91 Å². The Bertz CT molecular complexity index is 1250. The van der Waals surface area contributed by atoms with Crippen LogP contribution in [0.2, 0.25) is 5.02 Å². The van der Waals surface area contributed by atoms with Gasteiger partial charge in [0.15, 0.2) is 0 Å². The van der Waals surface area contributed by atoms with E-state index in [1.54, 1.807) is 25.1 Å². The van der Waals surface area contributed by atoms with Crippen LogP contribution >= 0.6 is 11.6 Å². The Kier molecular flexibility index (Phi) is 7.67. The number of amides is 1. The van der Waals surface area contributed by atoms with Crippen LogP contribution in [-0.2, 0) is 19.6 Å². The molecular weight excluding hydrogens is 471 g/mol. The van der Waals surface area contributed by atoms with Crippen molar-refractivity contribution in [2.24, 2.45) is 0 Å². The van der Waals surface area contributed by atoms with Crippen molar-refractivity contribution in [3.8, 4) is 0 Å². The van der Waals surface area contributed by atoms with E-state index in [-0.39, 0.29) is 33.5 Å². The van der Waals surface area contributed by atoms with Crippen molar-refractivity contribution < 1.29 is 27.1 Å². The minimum absolute atomic E-state index is 0.0288. The molecule has 33 heavy (non-hydrogen) atoms. The van der Waals surface area contributed by atoms with Gasteiger partial charge in [-0.15, -0.1) is 0 Å².